The highest BCUT2D eigenvalue weighted by Gasteiger charge is 2.13. The Kier molecular flexibility index (Phi) is 4.76. The van der Waals surface area contributed by atoms with Gasteiger partial charge in [0.1, 0.15) is 0 Å². The third-order valence-corrected chi connectivity index (χ3v) is 3.74. The van der Waals surface area contributed by atoms with Gasteiger partial charge < -0.3 is 10.6 Å². The lowest BCUT2D eigenvalue weighted by Crippen LogP contribution is -2.18. The standard InChI is InChI=1S/C18H22N2O/c1-12-9-10-15(13(2)11-12)18(21)20-17-8-6-5-7-16(17)14(3)19-4/h5-11,14,19H,1-4H3,(H,20,21). The molecule has 1 amide bonds. The number of nitrogens with one attached hydrogen (secondary N) is 2. The lowest BCUT2D eigenvalue weighted by molar-refractivity contribution is 0.102. The number of aryl methyl sites for hydroxylation is 2. The molecule has 0 heterocycles. The van der Waals surface area contributed by atoms with Gasteiger partial charge in [0.15, 0.2) is 0 Å². The highest BCUT2D eigenvalue weighted by Crippen LogP contribution is 2.23. The Morgan fingerprint density at radius 1 is 1.10 bits per heavy atom. The molecule has 3 nitrogen and oxygen atoms in total. The maximum absolute atomic E-state index is 12.5. The lowest BCUT2D eigenvalue weighted by atomic mass is 10.0. The van der Waals surface area contributed by atoms with Crippen molar-refractivity contribution in [3.63, 3.8) is 0 Å². The SMILES string of the molecule is CNC(C)c1ccccc1NC(=O)c1ccc(C)cc1C. The summed E-state index contributed by atoms with van der Waals surface area (Å²) >= 11 is 0. The minimum Gasteiger partial charge on any atom is -0.322 e. The number of para-hydroxylation sites is 1. The molecule has 0 radical (unpaired) electrons. The molecule has 110 valence electrons. The van der Waals surface area contributed by atoms with Crippen LogP contribution in [0, 0.1) is 13.8 Å². The molecule has 21 heavy (non-hydrogen) atoms. The molecule has 0 aliphatic heterocycles. The van der Waals surface area contributed by atoms with Gasteiger partial charge >= 0.3 is 0 Å². The maximum Gasteiger partial charge on any atom is 0.255 e. The Morgan fingerprint density at radius 3 is 2.48 bits per heavy atom. The van der Waals surface area contributed by atoms with E-state index in [4.69, 9.17) is 0 Å². The third kappa shape index (κ3) is 3.50. The molecular formula is C18H22N2O. The topological polar surface area (TPSA) is 41.1 Å². The largest absolute Gasteiger partial charge is 0.322 e. The minimum atomic E-state index is -0.0664. The fourth-order valence-electron chi connectivity index (χ4n) is 2.40. The van der Waals surface area contributed by atoms with E-state index in [1.807, 2.05) is 63.4 Å². The van der Waals surface area contributed by atoms with Crippen LogP contribution in [0.1, 0.15) is 40.0 Å². The van der Waals surface area contributed by atoms with Crippen LogP contribution in [0.25, 0.3) is 0 Å². The molecule has 1 unspecified atom stereocenters. The van der Waals surface area contributed by atoms with Crippen LogP contribution in [0.3, 0.4) is 0 Å². The zero-order valence-corrected chi connectivity index (χ0v) is 13.0. The van der Waals surface area contributed by atoms with E-state index < -0.39 is 0 Å². The van der Waals surface area contributed by atoms with Gasteiger partial charge in [-0.05, 0) is 51.1 Å². The Morgan fingerprint density at radius 2 is 1.81 bits per heavy atom. The average Bonchev–Trinajstić information content (AvgIpc) is 2.46. The summed E-state index contributed by atoms with van der Waals surface area (Å²) in [6.07, 6.45) is 0. The van der Waals surface area contributed by atoms with Crippen molar-refractivity contribution in [3.8, 4) is 0 Å². The number of anilines is 1. The van der Waals surface area contributed by atoms with Gasteiger partial charge in [-0.2, -0.15) is 0 Å². The summed E-state index contributed by atoms with van der Waals surface area (Å²) in [6, 6.07) is 13.9. The van der Waals surface area contributed by atoms with Crippen molar-refractivity contribution in [1.29, 1.82) is 0 Å². The monoisotopic (exact) mass is 282 g/mol. The van der Waals surface area contributed by atoms with Gasteiger partial charge in [-0.15, -0.1) is 0 Å². The van der Waals surface area contributed by atoms with Crippen LogP contribution in [0.2, 0.25) is 0 Å². The highest BCUT2D eigenvalue weighted by atomic mass is 16.1. The Hall–Kier alpha value is -2.13. The van der Waals surface area contributed by atoms with Crippen LogP contribution in [0.5, 0.6) is 0 Å². The number of amides is 1. The summed E-state index contributed by atoms with van der Waals surface area (Å²) in [5, 5.41) is 6.23. The van der Waals surface area contributed by atoms with E-state index >= 15 is 0 Å². The van der Waals surface area contributed by atoms with Crippen molar-refractivity contribution in [3.05, 3.63) is 64.7 Å². The number of carbonyl (C=O) groups is 1. The first-order valence-electron chi connectivity index (χ1n) is 7.17. The number of rotatable bonds is 4. The van der Waals surface area contributed by atoms with E-state index in [1.54, 1.807) is 0 Å². The third-order valence-electron chi connectivity index (χ3n) is 3.74. The molecule has 0 aliphatic carbocycles. The molecule has 0 spiro atoms. The normalized spacial score (nSPS) is 12.0. The summed E-state index contributed by atoms with van der Waals surface area (Å²) in [5.74, 6) is -0.0664. The zero-order valence-electron chi connectivity index (χ0n) is 13.0. The predicted molar refractivity (Wildman–Crippen MR) is 87.8 cm³/mol. The van der Waals surface area contributed by atoms with Crippen LogP contribution in [-0.2, 0) is 0 Å². The van der Waals surface area contributed by atoms with Gasteiger partial charge in [-0.3, -0.25) is 4.79 Å². The number of carbonyl (C=O) groups excluding carboxylic acids is 1. The van der Waals surface area contributed by atoms with Crippen molar-refractivity contribution in [2.45, 2.75) is 26.8 Å². The quantitative estimate of drug-likeness (QED) is 0.894. The first kappa shape index (κ1) is 15.3. The van der Waals surface area contributed by atoms with Crippen LogP contribution in [0.15, 0.2) is 42.5 Å². The van der Waals surface area contributed by atoms with Crippen LogP contribution in [-0.4, -0.2) is 13.0 Å². The van der Waals surface area contributed by atoms with E-state index in [0.29, 0.717) is 5.56 Å². The van der Waals surface area contributed by atoms with Gasteiger partial charge in [0.2, 0.25) is 0 Å². The molecule has 0 saturated carbocycles. The predicted octanol–water partition coefficient (Wildman–Crippen LogP) is 3.84. The van der Waals surface area contributed by atoms with Crippen LogP contribution >= 0.6 is 0 Å². The van der Waals surface area contributed by atoms with Gasteiger partial charge in [-0.25, -0.2) is 0 Å². The Labute approximate surface area is 126 Å². The van der Waals surface area contributed by atoms with Crippen molar-refractivity contribution >= 4 is 11.6 Å². The van der Waals surface area contributed by atoms with Gasteiger partial charge in [0.05, 0.1) is 0 Å². The molecule has 0 saturated heterocycles. The minimum absolute atomic E-state index is 0.0664. The Bertz CT molecular complexity index is 649. The molecule has 0 aliphatic rings. The molecule has 1 atom stereocenters. The van der Waals surface area contributed by atoms with Crippen molar-refractivity contribution in [2.75, 3.05) is 12.4 Å². The van der Waals surface area contributed by atoms with E-state index in [0.717, 1.165) is 22.4 Å². The highest BCUT2D eigenvalue weighted by molar-refractivity contribution is 6.05. The second kappa shape index (κ2) is 6.55. The number of hydrogen-bond acceptors (Lipinski definition) is 2. The molecule has 0 bridgehead atoms. The molecule has 2 aromatic carbocycles. The summed E-state index contributed by atoms with van der Waals surface area (Å²) in [7, 11) is 1.91. The van der Waals surface area contributed by atoms with Gasteiger partial charge in [0.25, 0.3) is 5.91 Å². The van der Waals surface area contributed by atoms with E-state index in [1.165, 1.54) is 0 Å². The zero-order chi connectivity index (χ0) is 15.4. The van der Waals surface area contributed by atoms with Crippen molar-refractivity contribution in [2.24, 2.45) is 0 Å². The van der Waals surface area contributed by atoms with Crippen molar-refractivity contribution in [1.82, 2.24) is 5.32 Å². The second-order valence-electron chi connectivity index (χ2n) is 5.37. The summed E-state index contributed by atoms with van der Waals surface area (Å²) in [5.41, 5.74) is 4.80. The van der Waals surface area contributed by atoms with Crippen LogP contribution < -0.4 is 10.6 Å². The van der Waals surface area contributed by atoms with Gasteiger partial charge in [0, 0.05) is 17.3 Å². The van der Waals surface area contributed by atoms with Crippen molar-refractivity contribution < 1.29 is 4.79 Å². The smallest absolute Gasteiger partial charge is 0.255 e. The summed E-state index contributed by atoms with van der Waals surface area (Å²) in [6.45, 7) is 6.06. The molecule has 2 N–H and O–H groups in total. The van der Waals surface area contributed by atoms with E-state index in [-0.39, 0.29) is 11.9 Å². The fraction of sp³-hybridized carbons (Fsp3) is 0.278. The van der Waals surface area contributed by atoms with E-state index in [2.05, 4.69) is 17.6 Å². The molecule has 0 aromatic heterocycles. The molecular weight excluding hydrogens is 260 g/mol. The van der Waals surface area contributed by atoms with Gasteiger partial charge in [-0.1, -0.05) is 35.9 Å². The Balaban J connectivity index is 2.28. The molecule has 3 heteroatoms. The summed E-state index contributed by atoms with van der Waals surface area (Å²) < 4.78 is 0. The average molecular weight is 282 g/mol. The second-order valence-corrected chi connectivity index (χ2v) is 5.37. The van der Waals surface area contributed by atoms with E-state index in [9.17, 15) is 4.79 Å². The number of hydrogen-bond donors (Lipinski definition) is 2. The molecule has 2 aromatic rings. The fourth-order valence-corrected chi connectivity index (χ4v) is 2.40. The first-order valence-corrected chi connectivity index (χ1v) is 7.17. The van der Waals surface area contributed by atoms with Crippen LogP contribution in [0.4, 0.5) is 5.69 Å². The lowest BCUT2D eigenvalue weighted by Gasteiger charge is -2.17. The molecule has 0 fully saturated rings. The maximum atomic E-state index is 12.5. The summed E-state index contributed by atoms with van der Waals surface area (Å²) in [4.78, 5) is 12.5. The molecule has 2 rings (SSSR count). The number of benzene rings is 2. The first-order chi connectivity index (χ1) is 10.0.